The SMILES string of the molecule is Cc1cc([C@]23Oc4cc(O)cc(O)c4[C@H](c4c(cc(O)c5c4O[C@H](c4ccc(O)c(O)c4)[C@H](O)C5)O2)[C@H]3O)cc(O)c1O. The quantitative estimate of drug-likeness (QED) is 0.154. The van der Waals surface area contributed by atoms with Crippen LogP contribution in [-0.4, -0.2) is 58.2 Å². The molecule has 4 aromatic carbocycles. The number of ether oxygens (including phenoxy) is 3. The molecule has 0 amide bonds. The molecule has 0 fully saturated rings. The number of phenolic OH excluding ortho intramolecular Hbond substituents is 7. The monoisotopic (exact) mass is 590 g/mol. The van der Waals surface area contributed by atoms with E-state index in [2.05, 4.69) is 0 Å². The van der Waals surface area contributed by atoms with E-state index in [1.54, 1.807) is 0 Å². The minimum Gasteiger partial charge on any atom is -0.508 e. The maximum Gasteiger partial charge on any atom is 0.305 e. The van der Waals surface area contributed by atoms with Crippen LogP contribution in [0.15, 0.2) is 48.5 Å². The van der Waals surface area contributed by atoms with Crippen LogP contribution in [0, 0.1) is 6.92 Å². The molecule has 9 N–H and O–H groups in total. The number of hydrogen-bond donors (Lipinski definition) is 9. The second-order valence-electron chi connectivity index (χ2n) is 11.0. The topological polar surface area (TPSA) is 210 Å². The van der Waals surface area contributed by atoms with Gasteiger partial charge in [-0.1, -0.05) is 6.07 Å². The second kappa shape index (κ2) is 8.90. The Bertz CT molecular complexity index is 1810. The van der Waals surface area contributed by atoms with Gasteiger partial charge in [-0.05, 0) is 42.3 Å². The van der Waals surface area contributed by atoms with Crippen molar-refractivity contribution in [3.05, 3.63) is 81.9 Å². The zero-order valence-corrected chi connectivity index (χ0v) is 22.4. The van der Waals surface area contributed by atoms with E-state index in [4.69, 9.17) is 14.2 Å². The third-order valence-electron chi connectivity index (χ3n) is 8.33. The fraction of sp³-hybridized carbons (Fsp3) is 0.226. The Kier molecular flexibility index (Phi) is 5.52. The maximum absolute atomic E-state index is 12.0. The predicted molar refractivity (Wildman–Crippen MR) is 146 cm³/mol. The number of aliphatic hydroxyl groups excluding tert-OH is 2. The van der Waals surface area contributed by atoms with Gasteiger partial charge in [0.15, 0.2) is 23.0 Å². The highest BCUT2D eigenvalue weighted by Gasteiger charge is 2.60. The molecule has 0 saturated heterocycles. The van der Waals surface area contributed by atoms with E-state index in [0.29, 0.717) is 5.56 Å². The first-order valence-electron chi connectivity index (χ1n) is 13.3. The number of hydrogen-bond acceptors (Lipinski definition) is 12. The van der Waals surface area contributed by atoms with Gasteiger partial charge in [-0.2, -0.15) is 0 Å². The van der Waals surface area contributed by atoms with Gasteiger partial charge in [-0.3, -0.25) is 0 Å². The second-order valence-corrected chi connectivity index (χ2v) is 11.0. The Morgan fingerprint density at radius 2 is 1.44 bits per heavy atom. The van der Waals surface area contributed by atoms with Gasteiger partial charge in [0, 0.05) is 46.9 Å². The highest BCUT2D eigenvalue weighted by Crippen LogP contribution is 2.62. The molecule has 4 aromatic rings. The fourth-order valence-corrected chi connectivity index (χ4v) is 6.31. The molecule has 222 valence electrons. The molecule has 0 spiro atoms. The number of aryl methyl sites for hydroxylation is 1. The minimum absolute atomic E-state index is 0.0152. The Balaban J connectivity index is 1.48. The van der Waals surface area contributed by atoms with Crippen LogP contribution in [0.3, 0.4) is 0 Å². The number of benzene rings is 4. The summed E-state index contributed by atoms with van der Waals surface area (Å²) in [6.07, 6.45) is -4.01. The van der Waals surface area contributed by atoms with Crippen molar-refractivity contribution in [1.82, 2.24) is 0 Å². The summed E-state index contributed by atoms with van der Waals surface area (Å²) in [6.45, 7) is 1.52. The molecule has 43 heavy (non-hydrogen) atoms. The summed E-state index contributed by atoms with van der Waals surface area (Å²) in [5.74, 6) is -6.06. The molecule has 0 aliphatic carbocycles. The van der Waals surface area contributed by atoms with Crippen LogP contribution >= 0.6 is 0 Å². The summed E-state index contributed by atoms with van der Waals surface area (Å²) >= 11 is 0. The van der Waals surface area contributed by atoms with Gasteiger partial charge in [-0.15, -0.1) is 0 Å². The Hall–Kier alpha value is -5.20. The van der Waals surface area contributed by atoms with Crippen molar-refractivity contribution in [2.45, 2.75) is 43.4 Å². The first-order chi connectivity index (χ1) is 20.4. The standard InChI is InChI=1S/C31H26O12/c1-11-4-13(6-20(37)27(11)39)31-30(40)26(24-19(36)7-14(32)8-22(24)42-31)25-23(43-31)10-17(34)15-9-21(38)28(41-29(15)25)12-2-3-16(33)18(35)5-12/h2-8,10,21,26,28,30,32-40H,9H2,1H3/t21-,26-,28-,30-,31+/m1/s1. The molecule has 0 radical (unpaired) electrons. The van der Waals surface area contributed by atoms with Crippen molar-refractivity contribution in [3.63, 3.8) is 0 Å². The lowest BCUT2D eigenvalue weighted by Gasteiger charge is -2.50. The van der Waals surface area contributed by atoms with Crippen LogP contribution in [0.25, 0.3) is 0 Å². The molecule has 2 bridgehead atoms. The minimum atomic E-state index is -2.10. The lowest BCUT2D eigenvalue weighted by Crippen LogP contribution is -2.57. The zero-order valence-electron chi connectivity index (χ0n) is 22.4. The number of fused-ring (bicyclic) bond motifs is 8. The molecule has 12 heteroatoms. The lowest BCUT2D eigenvalue weighted by molar-refractivity contribution is -0.219. The third-order valence-corrected chi connectivity index (χ3v) is 8.33. The average molecular weight is 591 g/mol. The van der Waals surface area contributed by atoms with Crippen molar-refractivity contribution >= 4 is 0 Å². The normalized spacial score (nSPS) is 24.9. The number of aromatic hydroxyl groups is 7. The van der Waals surface area contributed by atoms with Crippen LogP contribution in [0.1, 0.15) is 45.4 Å². The van der Waals surface area contributed by atoms with Crippen LogP contribution in [0.5, 0.6) is 57.5 Å². The van der Waals surface area contributed by atoms with Crippen molar-refractivity contribution in [1.29, 1.82) is 0 Å². The predicted octanol–water partition coefficient (Wildman–Crippen LogP) is 3.10. The molecule has 3 heterocycles. The van der Waals surface area contributed by atoms with E-state index >= 15 is 0 Å². The van der Waals surface area contributed by atoms with E-state index < -0.39 is 47.3 Å². The number of rotatable bonds is 2. The Morgan fingerprint density at radius 3 is 2.14 bits per heavy atom. The average Bonchev–Trinajstić information content (AvgIpc) is 2.93. The summed E-state index contributed by atoms with van der Waals surface area (Å²) in [5.41, 5.74) is 1.10. The molecule has 5 atom stereocenters. The molecule has 3 aliphatic rings. The highest BCUT2D eigenvalue weighted by molar-refractivity contribution is 5.68. The van der Waals surface area contributed by atoms with Crippen molar-refractivity contribution in [3.8, 4) is 57.5 Å². The summed E-state index contributed by atoms with van der Waals surface area (Å²) in [7, 11) is 0. The van der Waals surface area contributed by atoms with Crippen molar-refractivity contribution in [2.24, 2.45) is 0 Å². The van der Waals surface area contributed by atoms with E-state index in [1.165, 1.54) is 43.3 Å². The van der Waals surface area contributed by atoms with Crippen LogP contribution < -0.4 is 14.2 Å². The molecular formula is C31H26O12. The highest BCUT2D eigenvalue weighted by atomic mass is 16.7. The third kappa shape index (κ3) is 3.70. The number of phenols is 7. The molecule has 0 aromatic heterocycles. The fourth-order valence-electron chi connectivity index (χ4n) is 6.31. The van der Waals surface area contributed by atoms with Gasteiger partial charge < -0.3 is 60.2 Å². The van der Waals surface area contributed by atoms with E-state index in [0.717, 1.165) is 12.1 Å². The maximum atomic E-state index is 12.0. The van der Waals surface area contributed by atoms with E-state index in [9.17, 15) is 46.0 Å². The first kappa shape index (κ1) is 26.7. The van der Waals surface area contributed by atoms with Gasteiger partial charge >= 0.3 is 5.79 Å². The van der Waals surface area contributed by atoms with Gasteiger partial charge in [0.1, 0.15) is 46.7 Å². The van der Waals surface area contributed by atoms with Crippen LogP contribution in [-0.2, 0) is 12.2 Å². The van der Waals surface area contributed by atoms with E-state index in [1.807, 2.05) is 0 Å². The van der Waals surface area contributed by atoms with Gasteiger partial charge in [0.05, 0.1) is 12.0 Å². The van der Waals surface area contributed by atoms with Crippen LogP contribution in [0.2, 0.25) is 0 Å². The smallest absolute Gasteiger partial charge is 0.305 e. The van der Waals surface area contributed by atoms with Crippen LogP contribution in [0.4, 0.5) is 0 Å². The molecule has 3 aliphatic heterocycles. The molecular weight excluding hydrogens is 564 g/mol. The first-order valence-corrected chi connectivity index (χ1v) is 13.3. The summed E-state index contributed by atoms with van der Waals surface area (Å²) in [4.78, 5) is 0. The zero-order chi connectivity index (χ0) is 30.5. The Morgan fingerprint density at radius 1 is 0.721 bits per heavy atom. The Labute approximate surface area is 243 Å². The molecule has 12 nitrogen and oxygen atoms in total. The largest absolute Gasteiger partial charge is 0.508 e. The molecule has 0 unspecified atom stereocenters. The van der Waals surface area contributed by atoms with Crippen molar-refractivity contribution < 1.29 is 60.2 Å². The lowest BCUT2D eigenvalue weighted by atomic mass is 9.74. The molecule has 7 rings (SSSR count). The molecule has 0 saturated carbocycles. The van der Waals surface area contributed by atoms with Gasteiger partial charge in [0.2, 0.25) is 0 Å². The summed E-state index contributed by atoms with van der Waals surface area (Å²) in [6, 6.07) is 10.1. The van der Waals surface area contributed by atoms with Crippen molar-refractivity contribution in [2.75, 3.05) is 0 Å². The summed E-state index contributed by atoms with van der Waals surface area (Å²) in [5, 5.41) is 95.8. The van der Waals surface area contributed by atoms with Gasteiger partial charge in [0.25, 0.3) is 0 Å². The number of aliphatic hydroxyl groups is 2. The van der Waals surface area contributed by atoms with Gasteiger partial charge in [-0.25, -0.2) is 0 Å². The van der Waals surface area contributed by atoms with E-state index in [-0.39, 0.29) is 74.5 Å². The summed E-state index contributed by atoms with van der Waals surface area (Å²) < 4.78 is 18.8.